The fourth-order valence-corrected chi connectivity index (χ4v) is 12.9. The first-order valence-corrected chi connectivity index (χ1v) is 41.8. The van der Waals surface area contributed by atoms with Crippen molar-refractivity contribution in [2.24, 2.45) is 5.92 Å². The number of fused-ring (bicyclic) bond motifs is 2. The summed E-state index contributed by atoms with van der Waals surface area (Å²) in [5, 5.41) is 60.4. The molecule has 0 bridgehead atoms. The molecule has 0 aliphatic carbocycles. The monoisotopic (exact) mass is 1580 g/mol. The fraction of sp³-hybridized carbons (Fsp3) is 0.663. The molecule has 4 aromatic rings. The molecule has 2 aromatic carbocycles. The number of unbranched alkanes of at least 4 members (excludes halogenated alkanes) is 17. The molecule has 15 N–H and O–H groups in total. The Bertz CT molecular complexity index is 3460. The molecule has 4 rings (SSSR count). The van der Waals surface area contributed by atoms with E-state index in [1.165, 1.54) is 129 Å². The zero-order valence-corrected chi connectivity index (χ0v) is 69.4. The van der Waals surface area contributed by atoms with Crippen LogP contribution < -0.4 is 63.8 Å². The largest absolute Gasteiger partial charge is 0.550 e. The first kappa shape index (κ1) is 102. The molecule has 113 heavy (non-hydrogen) atoms. The molecule has 0 spiro atoms. The Morgan fingerprint density at radius 1 is 0.442 bits per heavy atom. The van der Waals surface area contributed by atoms with Gasteiger partial charge in [0.05, 0.1) is 49.2 Å². The Morgan fingerprint density at radius 3 is 1.48 bits per heavy atom. The number of carbonyl (C=O) groups is 13. The van der Waals surface area contributed by atoms with Gasteiger partial charge in [-0.15, -0.1) is 0 Å². The van der Waals surface area contributed by atoms with Crippen LogP contribution in [0.15, 0.2) is 54.9 Å². The molecule has 5 amide bonds. The minimum Gasteiger partial charge on any atom is -0.550 e. The molecule has 2 heterocycles. The van der Waals surface area contributed by atoms with Crippen LogP contribution in [0.4, 0.5) is 0 Å². The van der Waals surface area contributed by atoms with E-state index < -0.39 is 90.1 Å². The maximum atomic E-state index is 13.1. The summed E-state index contributed by atoms with van der Waals surface area (Å²) in [5.41, 5.74) is 12.4. The van der Waals surface area contributed by atoms with E-state index in [0.717, 1.165) is 103 Å². The number of aryl methyl sites for hydroxylation is 1. The van der Waals surface area contributed by atoms with E-state index in [1.807, 2.05) is 55.6 Å². The zero-order chi connectivity index (χ0) is 84.3. The van der Waals surface area contributed by atoms with Crippen LogP contribution in [0.25, 0.3) is 21.8 Å². The number of amides is 5. The van der Waals surface area contributed by atoms with Gasteiger partial charge in [0, 0.05) is 130 Å². The number of aromatic nitrogens is 2. The van der Waals surface area contributed by atoms with Crippen molar-refractivity contribution in [3.63, 3.8) is 0 Å². The summed E-state index contributed by atoms with van der Waals surface area (Å²) in [4.78, 5) is 160. The van der Waals surface area contributed by atoms with Gasteiger partial charge in [-0.3, -0.25) is 43.2 Å². The topological polar surface area (TPSA) is 478 Å². The third-order valence-electron chi connectivity index (χ3n) is 19.5. The minimum absolute atomic E-state index is 0.0447. The van der Waals surface area contributed by atoms with Gasteiger partial charge >= 0.3 is 0 Å². The molecular weight excluding hydrogens is 1440 g/mol. The van der Waals surface area contributed by atoms with Crippen LogP contribution in [-0.2, 0) is 75.2 Å². The third-order valence-corrected chi connectivity index (χ3v) is 19.5. The predicted molar refractivity (Wildman–Crippen MR) is 429 cm³/mol. The lowest BCUT2D eigenvalue weighted by molar-refractivity contribution is -0.654. The highest BCUT2D eigenvalue weighted by Gasteiger charge is 2.28. The maximum Gasteiger partial charge on any atom is 0.243 e. The molecule has 7 atom stereocenters. The Balaban J connectivity index is 0.000000790. The van der Waals surface area contributed by atoms with Crippen LogP contribution in [0.3, 0.4) is 0 Å². The Hall–Kier alpha value is -8.69. The number of nitrogens with one attached hydrogen (secondary N) is 7. The van der Waals surface area contributed by atoms with Gasteiger partial charge in [-0.2, -0.15) is 0 Å². The number of aromatic amines is 2. The highest BCUT2D eigenvalue weighted by atomic mass is 16.4. The van der Waals surface area contributed by atoms with Gasteiger partial charge in [-0.25, -0.2) is 0 Å². The number of hydrogen-bond acceptors (Lipinski definition) is 17. The second-order valence-electron chi connectivity index (χ2n) is 30.4. The van der Waals surface area contributed by atoms with Crippen molar-refractivity contribution in [1.29, 1.82) is 0 Å². The summed E-state index contributed by atoms with van der Waals surface area (Å²) in [5.74, 6) is -8.84. The molecule has 0 aliphatic heterocycles. The fourth-order valence-electron chi connectivity index (χ4n) is 12.9. The number of H-pyrrole nitrogens is 2. The lowest BCUT2D eigenvalue weighted by Gasteiger charge is -2.24. The van der Waals surface area contributed by atoms with Crippen LogP contribution in [-0.4, -0.2) is 142 Å². The summed E-state index contributed by atoms with van der Waals surface area (Å²) in [7, 11) is 0. The van der Waals surface area contributed by atoms with Crippen LogP contribution in [0.2, 0.25) is 0 Å². The van der Waals surface area contributed by atoms with Gasteiger partial charge in [0.2, 0.25) is 29.5 Å². The van der Waals surface area contributed by atoms with E-state index in [1.54, 1.807) is 13.1 Å². The van der Waals surface area contributed by atoms with Gasteiger partial charge in [-0.1, -0.05) is 154 Å². The highest BCUT2D eigenvalue weighted by molar-refractivity contribution is 5.93. The second kappa shape index (κ2) is 62.7. The standard InChI is InChI=1S/C26H35N5O8.C25H33N3O7.C19H39NO.C16H33NO/c1-14(27)22(33)12-16(11-17-13-29-19-6-4-3-5-18(17)19)24(36)28-10-9-21(26(38)39)31-25(37)20(30-15(2)32)7-8-23(34)35;1-15-10-11-18-17(14-26-20(18)12-15)13-21(27-16(2)29)22(30)7-4-3-6-19(25(34)35)28-23(31)8-5-9-24(32)33;1-3-4-5-6-7-10-13-16-19(21)17-14-11-8-9-12-15-18(2)20;1-3-5-6-7-8-9-10-12-16(18)13-11-15-17-14-4-2/h3-6,13-14,16,20-21,29H,7-12,27H2,1-2H3,(H,28,36)(H,30,32)(H,31,37)(H,34,35)(H,38,39);10-12,14,19,21,26H,3-9,13H2,1-2H3,(H,27,29)(H,28,31)(H,32,33)(H,34,35);18H,3-17,20H2,1-2H3;17H,3-15H2,1-2H3/p-1/t14-,16-,20+,21+;19-,21-;18-;/m011./s1. The number of rotatable bonds is 61. The number of aliphatic carboxylic acids is 4. The van der Waals surface area contributed by atoms with E-state index in [0.29, 0.717) is 36.9 Å². The van der Waals surface area contributed by atoms with Crippen LogP contribution in [0, 0.1) is 12.8 Å². The van der Waals surface area contributed by atoms with E-state index >= 15 is 0 Å². The number of Topliss-reactive ketones (excluding diaryl/α,β-unsaturated/α-hetero) is 4. The number of quaternary nitrogens is 3. The highest BCUT2D eigenvalue weighted by Crippen LogP contribution is 2.25. The zero-order valence-electron chi connectivity index (χ0n) is 69.4. The lowest BCUT2D eigenvalue weighted by Crippen LogP contribution is -2.84. The van der Waals surface area contributed by atoms with E-state index in [2.05, 4.69) is 81.0 Å². The van der Waals surface area contributed by atoms with E-state index in [4.69, 9.17) is 0 Å². The molecular formula is C86H139N10O17-. The number of carboxylic acids is 4. The van der Waals surface area contributed by atoms with Gasteiger partial charge in [0.15, 0.2) is 11.6 Å². The third kappa shape index (κ3) is 50.9. The van der Waals surface area contributed by atoms with Crippen LogP contribution in [0.1, 0.15) is 303 Å². The Labute approximate surface area is 670 Å². The van der Waals surface area contributed by atoms with Crippen molar-refractivity contribution in [3.8, 4) is 0 Å². The number of benzene rings is 2. The molecule has 0 saturated carbocycles. The number of ketones is 4. The van der Waals surface area contributed by atoms with Gasteiger partial charge in [-0.05, 0) is 139 Å². The quantitative estimate of drug-likeness (QED) is 0.0260. The number of carboxylic acid groups (broad SMARTS) is 4. The van der Waals surface area contributed by atoms with Crippen LogP contribution in [0.5, 0.6) is 0 Å². The maximum absolute atomic E-state index is 13.1. The predicted octanol–water partition coefficient (Wildman–Crippen LogP) is 5.01. The molecule has 2 aromatic heterocycles. The van der Waals surface area contributed by atoms with Gasteiger partial charge in [0.25, 0.3) is 0 Å². The molecule has 0 aliphatic rings. The Kier molecular flexibility index (Phi) is 56.8. The minimum atomic E-state index is -1.63. The molecule has 0 radical (unpaired) electrons. The summed E-state index contributed by atoms with van der Waals surface area (Å²) >= 11 is 0. The van der Waals surface area contributed by atoms with Crippen molar-refractivity contribution in [1.82, 2.24) is 36.6 Å². The molecule has 27 nitrogen and oxygen atoms in total. The first-order valence-electron chi connectivity index (χ1n) is 41.8. The van der Waals surface area contributed by atoms with Crippen LogP contribution >= 0.6 is 0 Å². The molecule has 636 valence electrons. The molecule has 0 unspecified atom stereocenters. The van der Waals surface area contributed by atoms with Crippen molar-refractivity contribution >= 4 is 98.4 Å². The van der Waals surface area contributed by atoms with Crippen molar-refractivity contribution in [3.05, 3.63) is 71.5 Å². The normalized spacial score (nSPS) is 12.8. The first-order chi connectivity index (χ1) is 53.9. The van der Waals surface area contributed by atoms with Gasteiger partial charge < -0.3 is 92.9 Å². The summed E-state index contributed by atoms with van der Waals surface area (Å²) in [6.45, 7) is 17.1. The smallest absolute Gasteiger partial charge is 0.243 e. The summed E-state index contributed by atoms with van der Waals surface area (Å²) in [6, 6.07) is 8.76. The number of hydrogen-bond donors (Lipinski definition) is 10. The lowest BCUT2D eigenvalue weighted by atomic mass is 9.91. The molecule has 0 saturated heterocycles. The summed E-state index contributed by atoms with van der Waals surface area (Å²) < 4.78 is 0. The number of carbonyl (C=O) groups excluding carboxylic acids is 13. The van der Waals surface area contributed by atoms with Crippen molar-refractivity contribution in [2.45, 2.75) is 342 Å². The molecule has 27 heteroatoms. The van der Waals surface area contributed by atoms with E-state index in [-0.39, 0.29) is 81.8 Å². The number of nitrogens with two attached hydrogens (primary N) is 1. The van der Waals surface area contributed by atoms with Gasteiger partial charge in [0.1, 0.15) is 23.7 Å². The SMILES string of the molecule is CC(=O)N[C@H](CCC(=O)[O-])C(=O)N[C@H](CCNC(=O)[C@H](CC(=O)[C@H](C)[NH3+])Cc1c[nH]c2ccccc12)C(=O)[O-].CC(=O)N[C@H](Cc1c[nH]c2cc(C)ccc12)C(=O)CCCC[C@@H](NC(=O)CCCC(=O)[O-])C(=O)[O-].CCCCCCCCCC(=O)CCCCCCC[C@@H](C)[NH3+].CCCCCCCCCC(=O)CCC[NH2+]CCC. The van der Waals surface area contributed by atoms with Crippen molar-refractivity contribution in [2.75, 3.05) is 19.6 Å². The Morgan fingerprint density at radius 2 is 0.938 bits per heavy atom. The van der Waals surface area contributed by atoms with Crippen molar-refractivity contribution < 1.29 is 99.5 Å². The summed E-state index contributed by atoms with van der Waals surface area (Å²) in [6.07, 6.45) is 34.8. The average molecular weight is 1590 g/mol. The number of para-hydroxylation sites is 1. The van der Waals surface area contributed by atoms with E-state index in [9.17, 15) is 82.8 Å². The molecule has 0 fully saturated rings. The average Bonchev–Trinajstić information content (AvgIpc) is 1.69. The second-order valence-corrected chi connectivity index (χ2v) is 30.4.